The highest BCUT2D eigenvalue weighted by atomic mass is 16.6. The number of hydrogen-bond acceptors (Lipinski definition) is 7. The largest absolute Gasteiger partial charge is 0.492 e. The Morgan fingerprint density at radius 2 is 2.17 bits per heavy atom. The summed E-state index contributed by atoms with van der Waals surface area (Å²) >= 11 is 0. The van der Waals surface area contributed by atoms with Crippen molar-refractivity contribution in [1.29, 1.82) is 0 Å². The Bertz CT molecular complexity index is 588. The molecule has 130 valence electrons. The zero-order chi connectivity index (χ0) is 18.2. The van der Waals surface area contributed by atoms with Crippen LogP contribution in [0.5, 0.6) is 5.75 Å². The van der Waals surface area contributed by atoms with Gasteiger partial charge < -0.3 is 19.5 Å². The standard InChI is InChI=1S/C15H21BN2O6/c1-15(2,3)24-14(20)7-11(17-16-10-19)9-23-13-6-4-5-12(8-13)18(21)22/h4-6,8,10-11,16-17H,7,9H2,1-3H3/t11-/m1/s1. The second kappa shape index (κ2) is 9.02. The van der Waals surface area contributed by atoms with E-state index in [0.717, 1.165) is 0 Å². The molecule has 8 nitrogen and oxygen atoms in total. The van der Waals surface area contributed by atoms with Gasteiger partial charge in [0.2, 0.25) is 0 Å². The monoisotopic (exact) mass is 336 g/mol. The number of esters is 1. The number of ether oxygens (including phenoxy) is 2. The zero-order valence-electron chi connectivity index (χ0n) is 14.0. The van der Waals surface area contributed by atoms with Crippen LogP contribution in [0.3, 0.4) is 0 Å². The number of nitrogens with one attached hydrogen (secondary N) is 1. The maximum Gasteiger partial charge on any atom is 0.307 e. The molecule has 1 aromatic carbocycles. The van der Waals surface area contributed by atoms with Crippen LogP contribution >= 0.6 is 0 Å². The number of carbonyl (C=O) groups is 2. The van der Waals surface area contributed by atoms with E-state index in [1.54, 1.807) is 26.8 Å². The van der Waals surface area contributed by atoms with E-state index in [0.29, 0.717) is 11.9 Å². The van der Waals surface area contributed by atoms with Gasteiger partial charge in [0.15, 0.2) is 0 Å². The maximum atomic E-state index is 11.9. The lowest BCUT2D eigenvalue weighted by Crippen LogP contribution is -2.40. The Morgan fingerprint density at radius 3 is 2.75 bits per heavy atom. The molecular formula is C15H21BN2O6. The highest BCUT2D eigenvalue weighted by Gasteiger charge is 2.21. The van der Waals surface area contributed by atoms with Crippen LogP contribution in [0.15, 0.2) is 24.3 Å². The number of hydrogen-bond donors (Lipinski definition) is 1. The lowest BCUT2D eigenvalue weighted by molar-refractivity contribution is -0.384. The van der Waals surface area contributed by atoms with Gasteiger partial charge in [-0.2, -0.15) is 0 Å². The van der Waals surface area contributed by atoms with Crippen molar-refractivity contribution in [3.8, 4) is 5.75 Å². The minimum absolute atomic E-state index is 0.0139. The Labute approximate surface area is 140 Å². The van der Waals surface area contributed by atoms with Crippen LogP contribution in [0, 0.1) is 10.1 Å². The molecule has 0 heterocycles. The molecular weight excluding hydrogens is 315 g/mol. The third kappa shape index (κ3) is 7.73. The molecule has 0 spiro atoms. The van der Waals surface area contributed by atoms with Crippen LogP contribution in [0.4, 0.5) is 5.69 Å². The lowest BCUT2D eigenvalue weighted by Gasteiger charge is -2.22. The van der Waals surface area contributed by atoms with Crippen molar-refractivity contribution in [1.82, 2.24) is 5.23 Å². The molecule has 0 unspecified atom stereocenters. The summed E-state index contributed by atoms with van der Waals surface area (Å²) in [5, 5.41) is 13.6. The predicted octanol–water partition coefficient (Wildman–Crippen LogP) is 1.21. The van der Waals surface area contributed by atoms with Crippen LogP contribution in [-0.4, -0.2) is 42.7 Å². The average Bonchev–Trinajstić information content (AvgIpc) is 2.48. The smallest absolute Gasteiger partial charge is 0.307 e. The van der Waals surface area contributed by atoms with Crippen molar-refractivity contribution in [2.45, 2.75) is 38.8 Å². The molecule has 0 amide bonds. The molecule has 0 aliphatic rings. The average molecular weight is 336 g/mol. The molecule has 0 fully saturated rings. The van der Waals surface area contributed by atoms with Crippen LogP contribution in [-0.2, 0) is 14.3 Å². The van der Waals surface area contributed by atoms with Crippen LogP contribution in [0.25, 0.3) is 0 Å². The zero-order valence-corrected chi connectivity index (χ0v) is 14.0. The molecule has 0 saturated carbocycles. The summed E-state index contributed by atoms with van der Waals surface area (Å²) in [6.45, 7) is 5.35. The van der Waals surface area contributed by atoms with Gasteiger partial charge in [0.25, 0.3) is 13.1 Å². The van der Waals surface area contributed by atoms with Gasteiger partial charge >= 0.3 is 5.97 Å². The molecule has 0 saturated heterocycles. The van der Waals surface area contributed by atoms with E-state index in [9.17, 15) is 19.7 Å². The summed E-state index contributed by atoms with van der Waals surface area (Å²) in [7, 11) is 0.0613. The number of benzene rings is 1. The van der Waals surface area contributed by atoms with E-state index in [4.69, 9.17) is 9.47 Å². The van der Waals surface area contributed by atoms with Gasteiger partial charge in [-0.25, -0.2) is 0 Å². The summed E-state index contributed by atoms with van der Waals surface area (Å²) in [6, 6.07) is 5.29. The first-order chi connectivity index (χ1) is 11.2. The van der Waals surface area contributed by atoms with E-state index in [1.165, 1.54) is 18.2 Å². The normalized spacial score (nSPS) is 12.1. The second-order valence-corrected chi connectivity index (χ2v) is 6.13. The van der Waals surface area contributed by atoms with E-state index in [1.807, 2.05) is 0 Å². The number of carbonyl (C=O) groups excluding carboxylic acids is 2. The molecule has 24 heavy (non-hydrogen) atoms. The molecule has 0 radical (unpaired) electrons. The fourth-order valence-electron chi connectivity index (χ4n) is 1.87. The molecule has 1 aromatic rings. The van der Waals surface area contributed by atoms with Crippen molar-refractivity contribution in [2.75, 3.05) is 6.61 Å². The summed E-state index contributed by atoms with van der Waals surface area (Å²) in [6.07, 6.45) is 0.690. The maximum absolute atomic E-state index is 11.9. The van der Waals surface area contributed by atoms with Gasteiger partial charge in [-0.3, -0.25) is 14.9 Å². The fraction of sp³-hybridized carbons (Fsp3) is 0.467. The first kappa shape index (κ1) is 19.6. The minimum atomic E-state index is -0.604. The molecule has 0 aliphatic carbocycles. The summed E-state index contributed by atoms with van der Waals surface area (Å²) in [5.74, 6) is -0.111. The number of nitro groups is 1. The molecule has 1 N–H and O–H groups in total. The van der Waals surface area contributed by atoms with Crippen LogP contribution < -0.4 is 9.96 Å². The first-order valence-electron chi connectivity index (χ1n) is 7.47. The molecule has 0 aromatic heterocycles. The molecule has 0 bridgehead atoms. The number of rotatable bonds is 9. The van der Waals surface area contributed by atoms with Gasteiger partial charge in [0, 0.05) is 12.1 Å². The van der Waals surface area contributed by atoms with Crippen molar-refractivity contribution in [2.24, 2.45) is 0 Å². The number of non-ortho nitro benzene ring substituents is 1. The Balaban J connectivity index is 2.65. The van der Waals surface area contributed by atoms with Gasteiger partial charge in [0.1, 0.15) is 18.0 Å². The van der Waals surface area contributed by atoms with Crippen molar-refractivity contribution < 1.29 is 24.0 Å². The summed E-state index contributed by atoms with van der Waals surface area (Å²) < 4.78 is 10.7. The number of nitrogens with zero attached hydrogens (tertiary/aromatic N) is 1. The molecule has 9 heteroatoms. The van der Waals surface area contributed by atoms with Crippen LogP contribution in [0.1, 0.15) is 27.2 Å². The van der Waals surface area contributed by atoms with Crippen molar-refractivity contribution in [3.05, 3.63) is 34.4 Å². The Kier molecular flexibility index (Phi) is 7.38. The fourth-order valence-corrected chi connectivity index (χ4v) is 1.87. The van der Waals surface area contributed by atoms with Crippen LogP contribution in [0.2, 0.25) is 0 Å². The summed E-state index contributed by atoms with van der Waals surface area (Å²) in [5.41, 5.74) is -0.690. The molecule has 1 atom stereocenters. The SMILES string of the molecule is CC(C)(C)OC(=O)C[C@H](COc1cccc([N+](=O)[O-])c1)NBC=O. The second-order valence-electron chi connectivity index (χ2n) is 6.13. The Hall–Kier alpha value is -2.42. The van der Waals surface area contributed by atoms with Crippen molar-refractivity contribution in [3.63, 3.8) is 0 Å². The van der Waals surface area contributed by atoms with Gasteiger partial charge in [-0.15, -0.1) is 0 Å². The highest BCUT2D eigenvalue weighted by molar-refractivity contribution is 6.64. The highest BCUT2D eigenvalue weighted by Crippen LogP contribution is 2.19. The van der Waals surface area contributed by atoms with Gasteiger partial charge in [-0.05, 0) is 26.8 Å². The van der Waals surface area contributed by atoms with E-state index in [2.05, 4.69) is 5.23 Å². The summed E-state index contributed by atoms with van der Waals surface area (Å²) in [4.78, 5) is 32.6. The van der Waals surface area contributed by atoms with Gasteiger partial charge in [-0.1, -0.05) is 6.07 Å². The lowest BCUT2D eigenvalue weighted by atomic mass is 9.96. The van der Waals surface area contributed by atoms with E-state index in [-0.39, 0.29) is 26.1 Å². The third-order valence-corrected chi connectivity index (χ3v) is 2.80. The van der Waals surface area contributed by atoms with Gasteiger partial charge in [0.05, 0.1) is 23.6 Å². The topological polar surface area (TPSA) is 108 Å². The van der Waals surface area contributed by atoms with Crippen molar-refractivity contribution >= 4 is 25.3 Å². The predicted molar refractivity (Wildman–Crippen MR) is 89.9 cm³/mol. The van der Waals surface area contributed by atoms with E-state index < -0.39 is 22.5 Å². The minimum Gasteiger partial charge on any atom is -0.492 e. The molecule has 0 aliphatic heterocycles. The van der Waals surface area contributed by atoms with E-state index >= 15 is 0 Å². The third-order valence-electron chi connectivity index (χ3n) is 2.80. The molecule has 1 rings (SSSR count). The quantitative estimate of drug-likeness (QED) is 0.237. The Morgan fingerprint density at radius 1 is 1.46 bits per heavy atom. The number of nitro benzene ring substituents is 1. The first-order valence-corrected chi connectivity index (χ1v) is 7.47.